The number of benzene rings is 1. The molecule has 54 heavy (non-hydrogen) atoms. The normalized spacial score (nSPS) is 37.0. The number of piperazine rings is 1. The lowest BCUT2D eigenvalue weighted by Gasteiger charge is -2.62. The molecule has 12 nitrogen and oxygen atoms in total. The highest BCUT2D eigenvalue weighted by molar-refractivity contribution is 6.01. The Bertz CT molecular complexity index is 2060. The zero-order valence-corrected chi connectivity index (χ0v) is 31.3. The Balaban J connectivity index is 0.000000167. The van der Waals surface area contributed by atoms with Gasteiger partial charge >= 0.3 is 5.97 Å². The lowest BCUT2D eigenvalue weighted by atomic mass is 9.44. The largest absolute Gasteiger partial charge is 0.487 e. The number of ether oxygens (including phenoxy) is 1. The molecule has 0 amide bonds. The van der Waals surface area contributed by atoms with Gasteiger partial charge in [0, 0.05) is 49.1 Å². The number of rotatable bonds is 4. The van der Waals surface area contributed by atoms with Gasteiger partial charge in [0.05, 0.1) is 23.0 Å². The maximum absolute atomic E-state index is 16.9. The number of nitrogens with zero attached hydrogens (tertiary/aromatic N) is 3. The van der Waals surface area contributed by atoms with Gasteiger partial charge in [0.25, 0.3) is 0 Å². The molecule has 6 aliphatic rings. The van der Waals surface area contributed by atoms with E-state index in [1.54, 1.807) is 31.4 Å². The maximum atomic E-state index is 16.9. The van der Waals surface area contributed by atoms with Gasteiger partial charge in [0.2, 0.25) is 5.43 Å². The number of Topliss-reactive ketones (excluding diaryl/α,β-unsaturated/α-hetero) is 1. The van der Waals surface area contributed by atoms with Crippen molar-refractivity contribution >= 4 is 34.1 Å². The third-order valence-electron chi connectivity index (χ3n) is 14.0. The molecule has 1 saturated heterocycles. The van der Waals surface area contributed by atoms with Crippen molar-refractivity contribution < 1.29 is 48.3 Å². The van der Waals surface area contributed by atoms with E-state index in [4.69, 9.17) is 4.74 Å². The van der Waals surface area contributed by atoms with Crippen molar-refractivity contribution in [3.8, 4) is 5.75 Å². The minimum Gasteiger partial charge on any atom is -0.487 e. The summed E-state index contributed by atoms with van der Waals surface area (Å²) in [6.45, 7) is 9.56. The fourth-order valence-corrected chi connectivity index (χ4v) is 10.9. The van der Waals surface area contributed by atoms with Crippen LogP contribution in [0.15, 0.2) is 40.9 Å². The number of carbonyl (C=O) groups excluding carboxylic acids is 2. The van der Waals surface area contributed by atoms with Crippen molar-refractivity contribution in [2.45, 2.75) is 76.8 Å². The van der Waals surface area contributed by atoms with E-state index in [0.29, 0.717) is 54.9 Å². The minimum absolute atomic E-state index is 0.0434. The zero-order chi connectivity index (χ0) is 39.3. The van der Waals surface area contributed by atoms with Gasteiger partial charge in [0.1, 0.15) is 30.1 Å². The van der Waals surface area contributed by atoms with Crippen LogP contribution in [0.4, 0.5) is 14.5 Å². The predicted molar refractivity (Wildman–Crippen MR) is 195 cm³/mol. The molecule has 0 spiro atoms. The second-order valence-corrected chi connectivity index (χ2v) is 16.7. The first-order valence-electron chi connectivity index (χ1n) is 18.7. The van der Waals surface area contributed by atoms with E-state index in [2.05, 4.69) is 4.90 Å². The number of anilines is 1. The number of aliphatic hydroxyl groups is 3. The van der Waals surface area contributed by atoms with Crippen LogP contribution >= 0.6 is 0 Å². The Kier molecular flexibility index (Phi) is 9.27. The molecule has 9 atom stereocenters. The fraction of sp³-hybridized carbons (Fsp3) is 0.600. The Morgan fingerprint density at radius 2 is 1.78 bits per heavy atom. The third-order valence-corrected chi connectivity index (χ3v) is 14.0. The number of ketones is 2. The van der Waals surface area contributed by atoms with E-state index in [1.807, 2.05) is 18.9 Å². The van der Waals surface area contributed by atoms with Crippen molar-refractivity contribution in [3.63, 3.8) is 0 Å². The molecule has 8 rings (SSSR count). The summed E-state index contributed by atoms with van der Waals surface area (Å²) in [6, 6.07) is 0.994. The number of hydrogen-bond acceptors (Lipinski definition) is 10. The molecule has 3 saturated carbocycles. The minimum atomic E-state index is -1.98. The van der Waals surface area contributed by atoms with E-state index < -0.39 is 69.6 Å². The van der Waals surface area contributed by atoms with Gasteiger partial charge in [-0.2, -0.15) is 0 Å². The molecule has 292 valence electrons. The molecule has 1 aromatic heterocycles. The van der Waals surface area contributed by atoms with Crippen molar-refractivity contribution in [3.05, 3.63) is 57.7 Å². The van der Waals surface area contributed by atoms with Crippen LogP contribution in [0.1, 0.15) is 69.8 Å². The van der Waals surface area contributed by atoms with E-state index in [9.17, 15) is 44.0 Å². The second-order valence-electron chi connectivity index (χ2n) is 16.7. The van der Waals surface area contributed by atoms with Crippen LogP contribution in [-0.2, 0) is 9.59 Å². The second kappa shape index (κ2) is 13.1. The van der Waals surface area contributed by atoms with Crippen molar-refractivity contribution in [2.75, 3.05) is 51.3 Å². The number of carbonyl (C=O) groups is 3. The summed E-state index contributed by atoms with van der Waals surface area (Å²) >= 11 is 0. The van der Waals surface area contributed by atoms with Gasteiger partial charge in [-0.25, -0.2) is 13.6 Å². The van der Waals surface area contributed by atoms with Crippen LogP contribution in [0.25, 0.3) is 10.9 Å². The highest BCUT2D eigenvalue weighted by Crippen LogP contribution is 2.70. The first-order valence-corrected chi connectivity index (χ1v) is 18.7. The fourth-order valence-electron chi connectivity index (χ4n) is 10.9. The molecule has 0 radical (unpaired) electrons. The summed E-state index contributed by atoms with van der Waals surface area (Å²) in [5.74, 6) is -3.66. The number of pyridine rings is 1. The van der Waals surface area contributed by atoms with E-state index in [0.717, 1.165) is 19.2 Å². The summed E-state index contributed by atoms with van der Waals surface area (Å²) in [5, 5.41) is 41.3. The summed E-state index contributed by atoms with van der Waals surface area (Å²) < 4.78 is 39.4. The summed E-state index contributed by atoms with van der Waals surface area (Å²) in [5.41, 5.74) is -5.39. The number of fused-ring (bicyclic) bond motifs is 5. The number of carboxylic acid groups (broad SMARTS) is 1. The van der Waals surface area contributed by atoms with Crippen LogP contribution in [0.5, 0.6) is 5.75 Å². The Morgan fingerprint density at radius 3 is 2.43 bits per heavy atom. The van der Waals surface area contributed by atoms with Gasteiger partial charge in [0.15, 0.2) is 28.8 Å². The van der Waals surface area contributed by atoms with Crippen LogP contribution in [0, 0.1) is 34.4 Å². The first-order chi connectivity index (χ1) is 25.3. The molecule has 0 unspecified atom stereocenters. The lowest BCUT2D eigenvalue weighted by molar-refractivity contribution is -0.219. The molecule has 4 fully saturated rings. The lowest BCUT2D eigenvalue weighted by Crippen LogP contribution is -2.69. The van der Waals surface area contributed by atoms with Crippen molar-refractivity contribution in [1.82, 2.24) is 9.47 Å². The molecular formula is C40H49F2N3O9. The standard InChI is InChI=1S/C22H29FO5.C18H20FN3O4/c1-12-8-16-15-5-4-13-9-14(25)6-7-19(13,2)21(15,23)17(26)10-20(16,3)22(12,28)18(27)11-24;1-10-9-26-17-14-11(16(23)12(18(24)25)8-22(10)14)7-13(19)15(17)21-5-3-20(2)4-6-21/h6-7,9,12,15-17,24,26,28H,4-5,8,10-11H2,1-3H3;7-8,10H,3-6,9H2,1-2H3,(H,24,25)/t12-,15-,16-,17-,19-,20-,21-,22-;10-/m00/s1. The summed E-state index contributed by atoms with van der Waals surface area (Å²) in [7, 11) is 2.02. The van der Waals surface area contributed by atoms with Gasteiger partial charge < -0.3 is 39.5 Å². The highest BCUT2D eigenvalue weighted by atomic mass is 19.1. The monoisotopic (exact) mass is 753 g/mol. The van der Waals surface area contributed by atoms with E-state index in [1.165, 1.54) is 18.3 Å². The van der Waals surface area contributed by atoms with E-state index >= 15 is 4.39 Å². The number of aliphatic hydroxyl groups excluding tert-OH is 2. The number of carboxylic acids is 1. The Hall–Kier alpha value is -3.98. The summed E-state index contributed by atoms with van der Waals surface area (Å²) in [6.07, 6.45) is 5.78. The Morgan fingerprint density at radius 1 is 1.09 bits per heavy atom. The molecule has 0 bridgehead atoms. The van der Waals surface area contributed by atoms with Gasteiger partial charge in [-0.05, 0) is 76.6 Å². The Labute approximate surface area is 311 Å². The number of halogens is 2. The van der Waals surface area contributed by atoms with Gasteiger partial charge in [-0.1, -0.05) is 25.5 Å². The quantitative estimate of drug-likeness (QED) is 0.361. The van der Waals surface area contributed by atoms with Crippen LogP contribution in [0.3, 0.4) is 0 Å². The first kappa shape index (κ1) is 38.3. The number of likely N-dealkylation sites (N-methyl/N-ethyl adjacent to an activating group) is 1. The molecule has 4 N–H and O–H groups in total. The van der Waals surface area contributed by atoms with Crippen LogP contribution < -0.4 is 15.1 Å². The zero-order valence-electron chi connectivity index (χ0n) is 31.3. The summed E-state index contributed by atoms with van der Waals surface area (Å²) in [4.78, 5) is 52.5. The molecule has 1 aromatic carbocycles. The van der Waals surface area contributed by atoms with Crippen LogP contribution in [0.2, 0.25) is 0 Å². The molecule has 14 heteroatoms. The maximum Gasteiger partial charge on any atom is 0.341 e. The van der Waals surface area contributed by atoms with Crippen LogP contribution in [-0.4, -0.2) is 111 Å². The number of aromatic carboxylic acids is 1. The van der Waals surface area contributed by atoms with Gasteiger partial charge in [-0.15, -0.1) is 0 Å². The number of aromatic nitrogens is 1. The molecular weight excluding hydrogens is 704 g/mol. The average molecular weight is 754 g/mol. The average Bonchev–Trinajstić information content (AvgIpc) is 3.33. The SMILES string of the molecule is C[C@H]1COc2c(N3CCN(C)CC3)c(F)cc3c(=O)c(C(=O)O)cn1c23.C[C@H]1C[C@H]2[C@@H]3CCC4=CC(=O)C=C[C@]4(C)[C@@]3(F)[C@@H](O)C[C@]2(C)[C@@]1(O)C(=O)CO. The molecule has 2 aromatic rings. The third kappa shape index (κ3) is 5.19. The number of allylic oxidation sites excluding steroid dienone is 4. The van der Waals surface area contributed by atoms with Gasteiger partial charge in [-0.3, -0.25) is 14.4 Å². The number of alkyl halides is 1. The molecule has 2 aliphatic heterocycles. The van der Waals surface area contributed by atoms with Crippen molar-refractivity contribution in [1.29, 1.82) is 0 Å². The van der Waals surface area contributed by atoms with E-state index in [-0.39, 0.29) is 41.7 Å². The number of hydrogen-bond donors (Lipinski definition) is 4. The topological polar surface area (TPSA) is 170 Å². The predicted octanol–water partition coefficient (Wildman–Crippen LogP) is 3.44. The highest BCUT2D eigenvalue weighted by Gasteiger charge is 2.75. The molecule has 4 aliphatic carbocycles. The smallest absolute Gasteiger partial charge is 0.341 e. The molecule has 3 heterocycles. The van der Waals surface area contributed by atoms with Crippen molar-refractivity contribution in [2.24, 2.45) is 28.6 Å².